The monoisotopic (exact) mass is 363 g/mol. The molecule has 0 spiro atoms. The first-order chi connectivity index (χ1) is 12.5. The molecule has 1 aromatic heterocycles. The van der Waals surface area contributed by atoms with Gasteiger partial charge >= 0.3 is 6.03 Å². The Balaban J connectivity index is 1.57. The molecule has 2 amide bonds. The van der Waals surface area contributed by atoms with Crippen LogP contribution in [0.5, 0.6) is 0 Å². The van der Waals surface area contributed by atoms with E-state index in [2.05, 4.69) is 47.7 Å². The van der Waals surface area contributed by atoms with Crippen molar-refractivity contribution in [1.82, 2.24) is 10.3 Å². The number of nitrogens with zero attached hydrogens (tertiary/aromatic N) is 1. The molecule has 4 rings (SSSR count). The van der Waals surface area contributed by atoms with Crippen LogP contribution >= 0.6 is 11.8 Å². The van der Waals surface area contributed by atoms with Gasteiger partial charge in [-0.3, -0.25) is 4.98 Å². The second-order valence-corrected chi connectivity index (χ2v) is 8.91. The van der Waals surface area contributed by atoms with Crippen molar-refractivity contribution in [3.05, 3.63) is 66.5 Å². The number of pyridine rings is 1. The molecule has 26 heavy (non-hydrogen) atoms. The maximum atomic E-state index is 12.7. The van der Waals surface area contributed by atoms with Crippen molar-refractivity contribution in [2.75, 3.05) is 5.32 Å². The summed E-state index contributed by atoms with van der Waals surface area (Å²) in [5, 5.41) is 8.16. The Bertz CT molecular complexity index is 965. The molecule has 0 bridgehead atoms. The Morgan fingerprint density at radius 3 is 2.88 bits per heavy atom. The number of hydrogen-bond donors (Lipinski definition) is 2. The van der Waals surface area contributed by atoms with E-state index in [-0.39, 0.29) is 16.8 Å². The van der Waals surface area contributed by atoms with Crippen LogP contribution in [0, 0.1) is 0 Å². The first-order valence-electron chi connectivity index (χ1n) is 8.70. The van der Waals surface area contributed by atoms with Crippen LogP contribution < -0.4 is 10.6 Å². The van der Waals surface area contributed by atoms with E-state index >= 15 is 0 Å². The molecular formula is C21H21N3OS. The van der Waals surface area contributed by atoms with Crippen LogP contribution in [0.4, 0.5) is 10.5 Å². The summed E-state index contributed by atoms with van der Waals surface area (Å²) in [6, 6.07) is 15.9. The lowest BCUT2D eigenvalue weighted by atomic mass is 9.95. The van der Waals surface area contributed by atoms with Crippen molar-refractivity contribution >= 4 is 34.3 Å². The highest BCUT2D eigenvalue weighted by atomic mass is 32.2. The smallest absolute Gasteiger partial charge is 0.319 e. The first kappa shape index (κ1) is 16.9. The molecule has 0 saturated carbocycles. The fourth-order valence-corrected chi connectivity index (χ4v) is 4.80. The van der Waals surface area contributed by atoms with E-state index in [0.717, 1.165) is 22.9 Å². The zero-order valence-corrected chi connectivity index (χ0v) is 15.6. The highest BCUT2D eigenvalue weighted by molar-refractivity contribution is 8.00. The second-order valence-electron chi connectivity index (χ2n) is 7.16. The van der Waals surface area contributed by atoms with Gasteiger partial charge in [0, 0.05) is 32.8 Å². The molecule has 0 fully saturated rings. The summed E-state index contributed by atoms with van der Waals surface area (Å²) in [5.41, 5.74) is 1.98. The van der Waals surface area contributed by atoms with E-state index in [1.807, 2.05) is 42.1 Å². The lowest BCUT2D eigenvalue weighted by Gasteiger charge is -2.36. The van der Waals surface area contributed by atoms with Crippen LogP contribution in [0.15, 0.2) is 65.8 Å². The lowest BCUT2D eigenvalue weighted by molar-refractivity contribution is 0.246. The van der Waals surface area contributed by atoms with Crippen LogP contribution in [0.25, 0.3) is 10.8 Å². The summed E-state index contributed by atoms with van der Waals surface area (Å²) in [5.74, 6) is 0. The van der Waals surface area contributed by atoms with E-state index in [9.17, 15) is 4.79 Å². The van der Waals surface area contributed by atoms with E-state index < -0.39 is 0 Å². The van der Waals surface area contributed by atoms with Gasteiger partial charge in [-0.15, -0.1) is 11.8 Å². The number of carbonyl (C=O) groups excluding carboxylic acids is 1. The van der Waals surface area contributed by atoms with Gasteiger partial charge in [0.05, 0.1) is 11.7 Å². The van der Waals surface area contributed by atoms with Crippen LogP contribution in [-0.2, 0) is 0 Å². The van der Waals surface area contributed by atoms with Crippen molar-refractivity contribution in [2.45, 2.75) is 36.0 Å². The SMILES string of the molecule is CC1(C)CC(NC(=O)Nc2cccc3cnccc23)c2ccccc2S1. The normalized spacial score (nSPS) is 18.2. The molecule has 2 aromatic carbocycles. The van der Waals surface area contributed by atoms with Crippen LogP contribution in [-0.4, -0.2) is 15.8 Å². The number of carbonyl (C=O) groups is 1. The quantitative estimate of drug-likeness (QED) is 0.643. The topological polar surface area (TPSA) is 54.0 Å². The van der Waals surface area contributed by atoms with Crippen molar-refractivity contribution in [2.24, 2.45) is 0 Å². The average Bonchev–Trinajstić information content (AvgIpc) is 2.61. The van der Waals surface area contributed by atoms with Crippen LogP contribution in [0.1, 0.15) is 31.9 Å². The molecule has 1 aliphatic heterocycles. The Morgan fingerprint density at radius 1 is 1.15 bits per heavy atom. The number of amides is 2. The summed E-state index contributed by atoms with van der Waals surface area (Å²) in [4.78, 5) is 18.1. The van der Waals surface area contributed by atoms with Crippen molar-refractivity contribution in [3.8, 4) is 0 Å². The third kappa shape index (κ3) is 3.40. The molecule has 2 N–H and O–H groups in total. The predicted molar refractivity (Wildman–Crippen MR) is 108 cm³/mol. The lowest BCUT2D eigenvalue weighted by Crippen LogP contribution is -2.38. The van der Waals surface area contributed by atoms with E-state index in [0.29, 0.717) is 0 Å². The molecule has 1 unspecified atom stereocenters. The van der Waals surface area contributed by atoms with Gasteiger partial charge in [-0.05, 0) is 30.2 Å². The highest BCUT2D eigenvalue weighted by Gasteiger charge is 2.33. The van der Waals surface area contributed by atoms with Gasteiger partial charge in [0.2, 0.25) is 0 Å². The van der Waals surface area contributed by atoms with Gasteiger partial charge in [0.15, 0.2) is 0 Å². The Hall–Kier alpha value is -2.53. The number of hydrogen-bond acceptors (Lipinski definition) is 3. The second kappa shape index (κ2) is 6.65. The molecular weight excluding hydrogens is 342 g/mol. The molecule has 2 heterocycles. The summed E-state index contributed by atoms with van der Waals surface area (Å²) in [6.07, 6.45) is 4.43. The highest BCUT2D eigenvalue weighted by Crippen LogP contribution is 2.47. The summed E-state index contributed by atoms with van der Waals surface area (Å²) >= 11 is 1.87. The minimum absolute atomic E-state index is 0.000840. The molecule has 0 saturated heterocycles. The number of urea groups is 1. The molecule has 1 atom stereocenters. The number of rotatable bonds is 2. The maximum absolute atomic E-state index is 12.7. The third-order valence-electron chi connectivity index (χ3n) is 4.61. The number of aromatic nitrogens is 1. The van der Waals surface area contributed by atoms with E-state index in [1.54, 1.807) is 12.4 Å². The van der Waals surface area contributed by atoms with Crippen molar-refractivity contribution in [1.29, 1.82) is 0 Å². The maximum Gasteiger partial charge on any atom is 0.319 e. The summed E-state index contributed by atoms with van der Waals surface area (Å²) in [6.45, 7) is 4.44. The largest absolute Gasteiger partial charge is 0.331 e. The number of nitrogens with one attached hydrogen (secondary N) is 2. The first-order valence-corrected chi connectivity index (χ1v) is 9.52. The fraction of sp³-hybridized carbons (Fsp3) is 0.238. The molecule has 132 valence electrons. The van der Waals surface area contributed by atoms with E-state index in [4.69, 9.17) is 0 Å². The predicted octanol–water partition coefficient (Wildman–Crippen LogP) is 5.37. The number of benzene rings is 2. The Labute approximate surface area is 157 Å². The number of anilines is 1. The number of thioether (sulfide) groups is 1. The van der Waals surface area contributed by atoms with Gasteiger partial charge in [0.1, 0.15) is 0 Å². The minimum Gasteiger partial charge on any atom is -0.331 e. The molecule has 0 aliphatic carbocycles. The van der Waals surface area contributed by atoms with Crippen LogP contribution in [0.3, 0.4) is 0 Å². The third-order valence-corrected chi connectivity index (χ3v) is 5.92. The Morgan fingerprint density at radius 2 is 2.00 bits per heavy atom. The zero-order valence-electron chi connectivity index (χ0n) is 14.8. The molecule has 5 heteroatoms. The molecule has 3 aromatic rings. The van der Waals surface area contributed by atoms with Gasteiger partial charge in [-0.1, -0.05) is 44.2 Å². The van der Waals surface area contributed by atoms with Gasteiger partial charge in [-0.2, -0.15) is 0 Å². The molecule has 0 radical (unpaired) electrons. The molecule has 1 aliphatic rings. The number of fused-ring (bicyclic) bond motifs is 2. The van der Waals surface area contributed by atoms with Gasteiger partial charge in [0.25, 0.3) is 0 Å². The standard InChI is InChI=1S/C21H21N3OS/c1-21(2)12-18(16-7-3-4-9-19(16)26-21)24-20(25)23-17-8-5-6-14-13-22-11-10-15(14)17/h3-11,13,18H,12H2,1-2H3,(H2,23,24,25). The van der Waals surface area contributed by atoms with E-state index in [1.165, 1.54) is 10.5 Å². The zero-order chi connectivity index (χ0) is 18.1. The average molecular weight is 363 g/mol. The van der Waals surface area contributed by atoms with Crippen LogP contribution in [0.2, 0.25) is 0 Å². The minimum atomic E-state index is -0.184. The van der Waals surface area contributed by atoms with Gasteiger partial charge < -0.3 is 10.6 Å². The summed E-state index contributed by atoms with van der Waals surface area (Å²) < 4.78 is 0.0808. The Kier molecular flexibility index (Phi) is 4.32. The molecule has 4 nitrogen and oxygen atoms in total. The fourth-order valence-electron chi connectivity index (χ4n) is 3.48. The van der Waals surface area contributed by atoms with Crippen molar-refractivity contribution in [3.63, 3.8) is 0 Å². The van der Waals surface area contributed by atoms with Gasteiger partial charge in [-0.25, -0.2) is 4.79 Å². The summed E-state index contributed by atoms with van der Waals surface area (Å²) in [7, 11) is 0. The van der Waals surface area contributed by atoms with Crippen molar-refractivity contribution < 1.29 is 4.79 Å².